The Morgan fingerprint density at radius 1 is 1.53 bits per heavy atom. The number of amides is 1. The first kappa shape index (κ1) is 10.9. The van der Waals surface area contributed by atoms with Crippen LogP contribution < -0.4 is 10.1 Å². The lowest BCUT2D eigenvalue weighted by molar-refractivity contribution is -0.114. The summed E-state index contributed by atoms with van der Waals surface area (Å²) in [6.07, 6.45) is 0. The van der Waals surface area contributed by atoms with Gasteiger partial charge in [0.25, 0.3) is 0 Å². The molecule has 0 aromatic heterocycles. The van der Waals surface area contributed by atoms with Gasteiger partial charge in [0.05, 0.1) is 7.11 Å². The highest BCUT2D eigenvalue weighted by Gasteiger charge is 1.99. The van der Waals surface area contributed by atoms with E-state index >= 15 is 0 Å². The Hall–Kier alpha value is -2.20. The Labute approximate surface area is 86.5 Å². The Kier molecular flexibility index (Phi) is 4.00. The predicted molar refractivity (Wildman–Crippen MR) is 55.6 cm³/mol. The van der Waals surface area contributed by atoms with Crippen molar-refractivity contribution in [3.8, 4) is 5.75 Å². The SMILES string of the molecule is COc1ccc(NC(=O)CN=[N+]=[N-])cc1. The summed E-state index contributed by atoms with van der Waals surface area (Å²) in [6, 6.07) is 6.85. The normalized spacial score (nSPS) is 8.87. The van der Waals surface area contributed by atoms with Crippen LogP contribution in [0, 0.1) is 0 Å². The quantitative estimate of drug-likeness (QED) is 0.463. The molecule has 6 heteroatoms. The minimum absolute atomic E-state index is 0.206. The van der Waals surface area contributed by atoms with Crippen LogP contribution in [-0.2, 0) is 4.79 Å². The van der Waals surface area contributed by atoms with Crippen LogP contribution in [0.5, 0.6) is 5.75 Å². The van der Waals surface area contributed by atoms with Crippen molar-refractivity contribution in [1.82, 2.24) is 0 Å². The molecule has 0 radical (unpaired) electrons. The zero-order valence-corrected chi connectivity index (χ0v) is 8.17. The average Bonchev–Trinajstić information content (AvgIpc) is 2.27. The minimum Gasteiger partial charge on any atom is -0.497 e. The Morgan fingerprint density at radius 2 is 2.20 bits per heavy atom. The van der Waals surface area contributed by atoms with E-state index in [1.54, 1.807) is 31.4 Å². The number of nitrogens with one attached hydrogen (secondary N) is 1. The van der Waals surface area contributed by atoms with Gasteiger partial charge < -0.3 is 10.1 Å². The van der Waals surface area contributed by atoms with Gasteiger partial charge in [0, 0.05) is 10.6 Å². The minimum atomic E-state index is -0.349. The number of rotatable bonds is 4. The number of hydrogen-bond donors (Lipinski definition) is 1. The van der Waals surface area contributed by atoms with Crippen LogP contribution in [0.25, 0.3) is 10.4 Å². The van der Waals surface area contributed by atoms with Crippen molar-refractivity contribution in [2.75, 3.05) is 19.0 Å². The van der Waals surface area contributed by atoms with Gasteiger partial charge >= 0.3 is 0 Å². The highest BCUT2D eigenvalue weighted by molar-refractivity contribution is 5.92. The van der Waals surface area contributed by atoms with E-state index in [-0.39, 0.29) is 12.5 Å². The van der Waals surface area contributed by atoms with Crippen molar-refractivity contribution in [2.45, 2.75) is 0 Å². The standard InChI is InChI=1S/C9H10N4O2/c1-15-8-4-2-7(3-5-8)12-9(14)6-11-13-10/h2-5H,6H2,1H3,(H,12,14). The van der Waals surface area contributed by atoms with E-state index in [1.807, 2.05) is 0 Å². The highest BCUT2D eigenvalue weighted by Crippen LogP contribution is 2.14. The topological polar surface area (TPSA) is 87.1 Å². The molecule has 0 aliphatic carbocycles. The van der Waals surface area contributed by atoms with Crippen LogP contribution in [0.1, 0.15) is 0 Å². The zero-order chi connectivity index (χ0) is 11.1. The van der Waals surface area contributed by atoms with Crippen LogP contribution >= 0.6 is 0 Å². The predicted octanol–water partition coefficient (Wildman–Crippen LogP) is 1.94. The van der Waals surface area contributed by atoms with Gasteiger partial charge in [0.15, 0.2) is 0 Å². The third-order valence-electron chi connectivity index (χ3n) is 1.65. The second-order valence-electron chi connectivity index (χ2n) is 2.67. The van der Waals surface area contributed by atoms with Gasteiger partial charge in [-0.2, -0.15) is 0 Å². The molecule has 0 bridgehead atoms. The van der Waals surface area contributed by atoms with E-state index in [4.69, 9.17) is 10.3 Å². The molecule has 6 nitrogen and oxygen atoms in total. The molecule has 0 unspecified atom stereocenters. The van der Waals surface area contributed by atoms with Gasteiger partial charge in [-0.3, -0.25) is 4.79 Å². The Morgan fingerprint density at radius 3 is 2.73 bits per heavy atom. The lowest BCUT2D eigenvalue weighted by Gasteiger charge is -2.04. The first-order chi connectivity index (χ1) is 7.26. The summed E-state index contributed by atoms with van der Waals surface area (Å²) in [7, 11) is 1.56. The van der Waals surface area contributed by atoms with Crippen molar-refractivity contribution in [3.05, 3.63) is 34.7 Å². The summed E-state index contributed by atoms with van der Waals surface area (Å²) >= 11 is 0. The zero-order valence-electron chi connectivity index (χ0n) is 8.17. The van der Waals surface area contributed by atoms with Crippen molar-refractivity contribution in [1.29, 1.82) is 0 Å². The number of anilines is 1. The molecule has 78 valence electrons. The molecule has 1 N–H and O–H groups in total. The maximum absolute atomic E-state index is 11.1. The Bertz CT molecular complexity index is 382. The molecule has 1 rings (SSSR count). The number of benzene rings is 1. The highest BCUT2D eigenvalue weighted by atomic mass is 16.5. The van der Waals surface area contributed by atoms with Crippen molar-refractivity contribution in [3.63, 3.8) is 0 Å². The molecular weight excluding hydrogens is 196 g/mol. The van der Waals surface area contributed by atoms with Crippen LogP contribution in [0.2, 0.25) is 0 Å². The summed E-state index contributed by atoms with van der Waals surface area (Å²) in [4.78, 5) is 13.6. The fourth-order valence-electron chi connectivity index (χ4n) is 0.971. The molecular formula is C9H10N4O2. The van der Waals surface area contributed by atoms with Gasteiger partial charge in [0.2, 0.25) is 5.91 Å². The maximum atomic E-state index is 11.1. The molecule has 0 aliphatic heterocycles. The molecule has 0 spiro atoms. The lowest BCUT2D eigenvalue weighted by Crippen LogP contribution is -2.14. The fraction of sp³-hybridized carbons (Fsp3) is 0.222. The third-order valence-corrected chi connectivity index (χ3v) is 1.65. The molecule has 1 aromatic carbocycles. The number of azide groups is 1. The molecule has 1 amide bonds. The number of nitrogens with zero attached hydrogens (tertiary/aromatic N) is 3. The van der Waals surface area contributed by atoms with Crippen LogP contribution in [-0.4, -0.2) is 19.6 Å². The van der Waals surface area contributed by atoms with Crippen molar-refractivity contribution in [2.24, 2.45) is 5.11 Å². The smallest absolute Gasteiger partial charge is 0.230 e. The number of hydrogen-bond acceptors (Lipinski definition) is 3. The van der Waals surface area contributed by atoms with E-state index < -0.39 is 0 Å². The summed E-state index contributed by atoms with van der Waals surface area (Å²) in [6.45, 7) is -0.206. The third kappa shape index (κ3) is 3.58. The fourth-order valence-corrected chi connectivity index (χ4v) is 0.971. The largest absolute Gasteiger partial charge is 0.497 e. The number of ether oxygens (including phenoxy) is 1. The molecule has 15 heavy (non-hydrogen) atoms. The average molecular weight is 206 g/mol. The number of carbonyl (C=O) groups is 1. The van der Waals surface area contributed by atoms with E-state index in [0.29, 0.717) is 11.4 Å². The summed E-state index contributed by atoms with van der Waals surface area (Å²) in [5, 5.41) is 5.71. The van der Waals surface area contributed by atoms with Gasteiger partial charge in [-0.15, -0.1) is 0 Å². The summed E-state index contributed by atoms with van der Waals surface area (Å²) in [5.74, 6) is 0.362. The Balaban J connectivity index is 2.56. The van der Waals surface area contributed by atoms with Gasteiger partial charge in [-0.25, -0.2) is 0 Å². The van der Waals surface area contributed by atoms with Crippen LogP contribution in [0.15, 0.2) is 29.4 Å². The van der Waals surface area contributed by atoms with Gasteiger partial charge in [-0.1, -0.05) is 5.11 Å². The first-order valence-corrected chi connectivity index (χ1v) is 4.21. The van der Waals surface area contributed by atoms with Crippen LogP contribution in [0.4, 0.5) is 5.69 Å². The van der Waals surface area contributed by atoms with E-state index in [0.717, 1.165) is 0 Å². The van der Waals surface area contributed by atoms with Crippen molar-refractivity contribution >= 4 is 11.6 Å². The molecule has 0 atom stereocenters. The van der Waals surface area contributed by atoms with Crippen molar-refractivity contribution < 1.29 is 9.53 Å². The monoisotopic (exact) mass is 206 g/mol. The molecule has 0 saturated heterocycles. The van der Waals surface area contributed by atoms with E-state index in [2.05, 4.69) is 15.3 Å². The van der Waals surface area contributed by atoms with Gasteiger partial charge in [0.1, 0.15) is 12.3 Å². The number of methoxy groups -OCH3 is 1. The van der Waals surface area contributed by atoms with Crippen LogP contribution in [0.3, 0.4) is 0 Å². The molecule has 0 heterocycles. The number of carbonyl (C=O) groups excluding carboxylic acids is 1. The molecule has 0 aliphatic rings. The summed E-state index contributed by atoms with van der Waals surface area (Å²) in [5.41, 5.74) is 8.64. The first-order valence-electron chi connectivity index (χ1n) is 4.21. The lowest BCUT2D eigenvalue weighted by atomic mass is 10.3. The molecule has 0 fully saturated rings. The summed E-state index contributed by atoms with van der Waals surface area (Å²) < 4.78 is 4.96. The maximum Gasteiger partial charge on any atom is 0.230 e. The second-order valence-corrected chi connectivity index (χ2v) is 2.67. The van der Waals surface area contributed by atoms with Gasteiger partial charge in [-0.05, 0) is 29.8 Å². The van der Waals surface area contributed by atoms with E-state index in [1.165, 1.54) is 0 Å². The second kappa shape index (κ2) is 5.51. The molecule has 0 saturated carbocycles. The molecule has 1 aromatic rings. The van der Waals surface area contributed by atoms with E-state index in [9.17, 15) is 4.79 Å².